The van der Waals surface area contributed by atoms with Gasteiger partial charge in [-0.15, -0.1) is 0 Å². The first kappa shape index (κ1) is 34.6. The molecule has 3 nitrogen and oxygen atoms in total. The Hall–Kier alpha value is -7.62. The van der Waals surface area contributed by atoms with Crippen molar-refractivity contribution in [1.29, 1.82) is 0 Å². The summed E-state index contributed by atoms with van der Waals surface area (Å²) in [7, 11) is 0. The predicted molar refractivity (Wildman–Crippen MR) is 249 cm³/mol. The van der Waals surface area contributed by atoms with Crippen LogP contribution in [0.5, 0.6) is 0 Å². The van der Waals surface area contributed by atoms with Crippen LogP contribution in [-0.4, -0.2) is 4.57 Å². The molecule has 280 valence electrons. The maximum Gasteiger partial charge on any atom is 0.145 e. The molecule has 3 heteroatoms. The van der Waals surface area contributed by atoms with Crippen LogP contribution in [0.4, 0.5) is 17.1 Å². The van der Waals surface area contributed by atoms with Gasteiger partial charge in [-0.05, 0) is 102 Å². The first-order chi connectivity index (χ1) is 29.1. The molecule has 0 saturated carbocycles. The lowest BCUT2D eigenvalue weighted by Gasteiger charge is -2.29. The van der Waals surface area contributed by atoms with E-state index in [0.29, 0.717) is 0 Å². The minimum Gasteiger partial charge on any atom is -0.455 e. The second kappa shape index (κ2) is 14.1. The molecule has 2 aromatic heterocycles. The van der Waals surface area contributed by atoms with E-state index in [1.165, 1.54) is 55.2 Å². The van der Waals surface area contributed by atoms with E-state index in [4.69, 9.17) is 4.42 Å². The molecule has 0 N–H and O–H groups in total. The summed E-state index contributed by atoms with van der Waals surface area (Å²) in [6, 6.07) is 74.3. The van der Waals surface area contributed by atoms with Crippen LogP contribution in [0.1, 0.15) is 11.1 Å². The summed E-state index contributed by atoms with van der Waals surface area (Å²) >= 11 is 0. The zero-order chi connectivity index (χ0) is 39.5. The van der Waals surface area contributed by atoms with Crippen molar-refractivity contribution in [2.75, 3.05) is 4.90 Å². The molecule has 0 bridgehead atoms. The quantitative estimate of drug-likeness (QED) is 0.161. The Balaban J connectivity index is 1.20. The third-order valence-corrected chi connectivity index (χ3v) is 11.8. The number of rotatable bonds is 7. The summed E-state index contributed by atoms with van der Waals surface area (Å²) in [6.45, 7) is 4.38. The highest BCUT2D eigenvalue weighted by molar-refractivity contribution is 6.18. The second-order valence-corrected chi connectivity index (χ2v) is 15.4. The number of aromatic nitrogens is 1. The van der Waals surface area contributed by atoms with Crippen LogP contribution < -0.4 is 4.90 Å². The van der Waals surface area contributed by atoms with Crippen LogP contribution in [0, 0.1) is 13.8 Å². The van der Waals surface area contributed by atoms with E-state index in [-0.39, 0.29) is 0 Å². The van der Waals surface area contributed by atoms with Gasteiger partial charge in [0.15, 0.2) is 0 Å². The van der Waals surface area contributed by atoms with Crippen LogP contribution in [0.3, 0.4) is 0 Å². The third kappa shape index (κ3) is 5.74. The summed E-state index contributed by atoms with van der Waals surface area (Å²) in [6.07, 6.45) is 0. The van der Waals surface area contributed by atoms with E-state index >= 15 is 0 Å². The second-order valence-electron chi connectivity index (χ2n) is 15.4. The number of aryl methyl sites for hydroxylation is 2. The molecule has 0 aliphatic rings. The van der Waals surface area contributed by atoms with Gasteiger partial charge < -0.3 is 13.9 Å². The zero-order valence-corrected chi connectivity index (χ0v) is 32.9. The Labute approximate surface area is 343 Å². The fraction of sp³-hybridized carbons (Fsp3) is 0.0357. The van der Waals surface area contributed by atoms with E-state index in [9.17, 15) is 0 Å². The summed E-state index contributed by atoms with van der Waals surface area (Å²) in [5, 5.41) is 4.62. The van der Waals surface area contributed by atoms with Gasteiger partial charge >= 0.3 is 0 Å². The Morgan fingerprint density at radius 2 is 0.983 bits per heavy atom. The molecule has 9 aromatic carbocycles. The maximum absolute atomic E-state index is 7.03. The minimum absolute atomic E-state index is 0.857. The molecule has 0 atom stereocenters. The molecule has 11 aromatic rings. The van der Waals surface area contributed by atoms with Gasteiger partial charge in [0, 0.05) is 38.7 Å². The van der Waals surface area contributed by atoms with Gasteiger partial charge in [0.25, 0.3) is 0 Å². The number of para-hydroxylation sites is 4. The van der Waals surface area contributed by atoms with E-state index in [1.54, 1.807) is 0 Å². The average Bonchev–Trinajstić information content (AvgIpc) is 3.85. The van der Waals surface area contributed by atoms with Gasteiger partial charge in [-0.2, -0.15) is 0 Å². The van der Waals surface area contributed by atoms with E-state index in [1.807, 2.05) is 0 Å². The zero-order valence-electron chi connectivity index (χ0n) is 32.9. The van der Waals surface area contributed by atoms with E-state index < -0.39 is 0 Å². The van der Waals surface area contributed by atoms with Gasteiger partial charge in [0.2, 0.25) is 0 Å². The van der Waals surface area contributed by atoms with Crippen molar-refractivity contribution in [1.82, 2.24) is 4.57 Å². The van der Waals surface area contributed by atoms with Gasteiger partial charge in [0.05, 0.1) is 27.8 Å². The Kier molecular flexibility index (Phi) is 8.27. The molecule has 0 fully saturated rings. The van der Waals surface area contributed by atoms with Crippen LogP contribution >= 0.6 is 0 Å². The number of fused-ring (bicyclic) bond motifs is 6. The molecule has 59 heavy (non-hydrogen) atoms. The number of anilines is 3. The molecule has 0 aliphatic heterocycles. The van der Waals surface area contributed by atoms with Gasteiger partial charge in [-0.1, -0.05) is 151 Å². The van der Waals surface area contributed by atoms with Gasteiger partial charge in [0.1, 0.15) is 11.2 Å². The Morgan fingerprint density at radius 1 is 0.424 bits per heavy atom. The highest BCUT2D eigenvalue weighted by Gasteiger charge is 2.26. The van der Waals surface area contributed by atoms with Gasteiger partial charge in [-0.25, -0.2) is 0 Å². The average molecular weight is 757 g/mol. The Morgan fingerprint density at radius 3 is 1.66 bits per heavy atom. The standard InChI is InChI=1S/C56H40N2O/c1-37-29-31-41(32-30-37)57(53-36-48(40-19-7-4-8-20-40)47(35-38(53)2)39-17-5-3-6-18-39)52-34-33-45(56-55(52)46-24-12-16-28-54(46)59-56)44-23-11-15-27-51(44)58-49-25-13-9-21-42(49)43-22-10-14-26-50(43)58/h3-36H,1-2H3. The number of hydrogen-bond acceptors (Lipinski definition) is 2. The van der Waals surface area contributed by atoms with Crippen LogP contribution in [-0.2, 0) is 0 Å². The van der Waals surface area contributed by atoms with Crippen LogP contribution in [0.2, 0.25) is 0 Å². The normalized spacial score (nSPS) is 11.6. The molecule has 0 radical (unpaired) electrons. The highest BCUT2D eigenvalue weighted by atomic mass is 16.3. The molecular weight excluding hydrogens is 717 g/mol. The summed E-state index contributed by atoms with van der Waals surface area (Å²) in [5.74, 6) is 0. The molecule has 0 unspecified atom stereocenters. The molecule has 2 heterocycles. The van der Waals surface area contributed by atoms with Crippen molar-refractivity contribution in [3.05, 3.63) is 217 Å². The van der Waals surface area contributed by atoms with Crippen molar-refractivity contribution < 1.29 is 4.42 Å². The van der Waals surface area contributed by atoms with Crippen LogP contribution in [0.15, 0.2) is 211 Å². The SMILES string of the molecule is Cc1ccc(N(c2cc(-c3ccccc3)c(-c3ccccc3)cc2C)c2ccc(-c3ccccc3-n3c4ccccc4c4ccccc43)c3oc4ccccc4c23)cc1. The van der Waals surface area contributed by atoms with Crippen LogP contribution in [0.25, 0.3) is 82.8 Å². The number of nitrogens with zero attached hydrogens (tertiary/aromatic N) is 2. The maximum atomic E-state index is 7.03. The predicted octanol–water partition coefficient (Wildman–Crippen LogP) is 15.8. The number of benzene rings is 9. The minimum atomic E-state index is 0.857. The lowest BCUT2D eigenvalue weighted by Crippen LogP contribution is -2.12. The molecule has 0 amide bonds. The monoisotopic (exact) mass is 756 g/mol. The summed E-state index contributed by atoms with van der Waals surface area (Å²) in [4.78, 5) is 2.43. The summed E-state index contributed by atoms with van der Waals surface area (Å²) < 4.78 is 9.44. The fourth-order valence-electron chi connectivity index (χ4n) is 9.04. The first-order valence-electron chi connectivity index (χ1n) is 20.3. The lowest BCUT2D eigenvalue weighted by molar-refractivity contribution is 0.670. The van der Waals surface area contributed by atoms with E-state index in [0.717, 1.165) is 55.8 Å². The molecule has 0 spiro atoms. The lowest BCUT2D eigenvalue weighted by atomic mass is 9.91. The number of furan rings is 1. The van der Waals surface area contributed by atoms with Gasteiger partial charge in [-0.3, -0.25) is 0 Å². The van der Waals surface area contributed by atoms with E-state index in [2.05, 4.69) is 230 Å². The van der Waals surface area contributed by atoms with Crippen molar-refractivity contribution in [3.8, 4) is 39.1 Å². The topological polar surface area (TPSA) is 21.3 Å². The first-order valence-corrected chi connectivity index (χ1v) is 20.3. The molecule has 11 rings (SSSR count). The molecule has 0 saturated heterocycles. The highest BCUT2D eigenvalue weighted by Crippen LogP contribution is 2.49. The number of hydrogen-bond donors (Lipinski definition) is 0. The summed E-state index contributed by atoms with van der Waals surface area (Å²) in [5.41, 5.74) is 17.7. The largest absolute Gasteiger partial charge is 0.455 e. The molecular formula is C56H40N2O. The van der Waals surface area contributed by atoms with Crippen molar-refractivity contribution in [3.63, 3.8) is 0 Å². The Bertz CT molecular complexity index is 3280. The smallest absolute Gasteiger partial charge is 0.145 e. The van der Waals surface area contributed by atoms with Crippen molar-refractivity contribution in [2.45, 2.75) is 13.8 Å². The third-order valence-electron chi connectivity index (χ3n) is 11.8. The van der Waals surface area contributed by atoms with Crippen molar-refractivity contribution in [2.24, 2.45) is 0 Å². The molecule has 0 aliphatic carbocycles. The fourth-order valence-corrected chi connectivity index (χ4v) is 9.04. The van der Waals surface area contributed by atoms with Crippen molar-refractivity contribution >= 4 is 60.8 Å².